The fourth-order valence-corrected chi connectivity index (χ4v) is 3.33. The van der Waals surface area contributed by atoms with Gasteiger partial charge in [0.2, 0.25) is 5.91 Å². The third-order valence-corrected chi connectivity index (χ3v) is 5.06. The number of ether oxygens (including phenoxy) is 1. The number of nitrogens with one attached hydrogen (secondary N) is 1. The zero-order valence-corrected chi connectivity index (χ0v) is 16.7. The van der Waals surface area contributed by atoms with E-state index in [4.69, 9.17) is 10.5 Å². The van der Waals surface area contributed by atoms with Crippen LogP contribution in [0.2, 0.25) is 0 Å². The van der Waals surface area contributed by atoms with E-state index in [2.05, 4.69) is 5.32 Å². The van der Waals surface area contributed by atoms with Crippen LogP contribution in [0.1, 0.15) is 49.0 Å². The molecule has 1 aromatic rings. The zero-order chi connectivity index (χ0) is 19.8. The molecule has 0 bridgehead atoms. The molecule has 6 nitrogen and oxygen atoms in total. The Hall–Kier alpha value is -1.92. The van der Waals surface area contributed by atoms with Crippen molar-refractivity contribution in [3.8, 4) is 0 Å². The number of aryl methyl sites for hydroxylation is 1. The lowest BCUT2D eigenvalue weighted by Gasteiger charge is -2.35. The number of likely N-dealkylation sites (tertiary alicyclic amines) is 1. The molecule has 2 amide bonds. The van der Waals surface area contributed by atoms with Crippen LogP contribution in [0.15, 0.2) is 24.3 Å². The molecular weight excluding hydrogens is 342 g/mol. The summed E-state index contributed by atoms with van der Waals surface area (Å²) < 4.78 is 5.81. The molecular formula is C21H33N3O3. The highest BCUT2D eigenvalue weighted by atomic mass is 16.5. The van der Waals surface area contributed by atoms with Crippen LogP contribution < -0.4 is 11.1 Å². The molecule has 1 unspecified atom stereocenters. The maximum absolute atomic E-state index is 13.0. The Labute approximate surface area is 162 Å². The highest BCUT2D eigenvalue weighted by Crippen LogP contribution is 2.17. The van der Waals surface area contributed by atoms with Crippen molar-refractivity contribution in [2.24, 2.45) is 11.7 Å². The van der Waals surface area contributed by atoms with Crippen LogP contribution >= 0.6 is 0 Å². The van der Waals surface area contributed by atoms with Crippen LogP contribution in [-0.4, -0.2) is 55.1 Å². The molecule has 0 radical (unpaired) electrons. The number of carbonyl (C=O) groups excluding carboxylic acids is 2. The minimum absolute atomic E-state index is 0.00709. The third-order valence-electron chi connectivity index (χ3n) is 5.06. The molecule has 1 aromatic carbocycles. The van der Waals surface area contributed by atoms with Gasteiger partial charge in [-0.1, -0.05) is 32.0 Å². The van der Waals surface area contributed by atoms with E-state index in [0.717, 1.165) is 24.8 Å². The molecule has 150 valence electrons. The van der Waals surface area contributed by atoms with Crippen molar-refractivity contribution in [2.45, 2.75) is 52.2 Å². The molecule has 27 heavy (non-hydrogen) atoms. The van der Waals surface area contributed by atoms with Crippen LogP contribution in [0.4, 0.5) is 0 Å². The van der Waals surface area contributed by atoms with Gasteiger partial charge in [0.25, 0.3) is 5.91 Å². The normalized spacial score (nSPS) is 16.4. The van der Waals surface area contributed by atoms with Crippen molar-refractivity contribution >= 4 is 11.8 Å². The molecule has 1 aliphatic heterocycles. The Balaban J connectivity index is 1.94. The fourth-order valence-electron chi connectivity index (χ4n) is 3.33. The predicted molar refractivity (Wildman–Crippen MR) is 106 cm³/mol. The van der Waals surface area contributed by atoms with E-state index in [-0.39, 0.29) is 23.8 Å². The lowest BCUT2D eigenvalue weighted by Crippen LogP contribution is -2.53. The summed E-state index contributed by atoms with van der Waals surface area (Å²) >= 11 is 0. The number of amides is 2. The number of piperidine rings is 1. The van der Waals surface area contributed by atoms with Crippen LogP contribution in [0.3, 0.4) is 0 Å². The Kier molecular flexibility index (Phi) is 8.25. The Morgan fingerprint density at radius 1 is 1.26 bits per heavy atom. The summed E-state index contributed by atoms with van der Waals surface area (Å²) in [6.07, 6.45) is 2.71. The lowest BCUT2D eigenvalue weighted by molar-refractivity contribution is -0.137. The molecule has 1 atom stereocenters. The second-order valence-corrected chi connectivity index (χ2v) is 7.55. The summed E-state index contributed by atoms with van der Waals surface area (Å²) in [5.74, 6) is -0.184. The maximum atomic E-state index is 13.0. The highest BCUT2D eigenvalue weighted by molar-refractivity contribution is 5.98. The minimum Gasteiger partial charge on any atom is -0.378 e. The van der Waals surface area contributed by atoms with Crippen molar-refractivity contribution in [1.29, 1.82) is 0 Å². The molecule has 0 aliphatic carbocycles. The number of nitrogens with two attached hydrogens (primary N) is 1. The van der Waals surface area contributed by atoms with Crippen molar-refractivity contribution in [3.63, 3.8) is 0 Å². The second kappa shape index (κ2) is 10.4. The molecule has 2 rings (SSSR count). The fraction of sp³-hybridized carbons (Fsp3) is 0.619. The summed E-state index contributed by atoms with van der Waals surface area (Å²) in [5, 5.41) is 2.95. The molecule has 1 saturated heterocycles. The van der Waals surface area contributed by atoms with Gasteiger partial charge in [-0.05, 0) is 50.3 Å². The SMILES string of the molecule is Cc1ccccc1C(=O)NC(C(=O)N1CCC(OCCCN)CC1)C(C)C. The highest BCUT2D eigenvalue weighted by Gasteiger charge is 2.31. The molecule has 0 aromatic heterocycles. The number of benzene rings is 1. The third kappa shape index (κ3) is 6.04. The number of nitrogens with zero attached hydrogens (tertiary/aromatic N) is 1. The van der Waals surface area contributed by atoms with Crippen molar-refractivity contribution in [2.75, 3.05) is 26.2 Å². The van der Waals surface area contributed by atoms with E-state index in [1.807, 2.05) is 43.9 Å². The van der Waals surface area contributed by atoms with Gasteiger partial charge in [-0.2, -0.15) is 0 Å². The standard InChI is InChI=1S/C21H33N3O3/c1-15(2)19(23-20(25)18-8-5-4-7-16(18)3)21(26)24-12-9-17(10-13-24)27-14-6-11-22/h4-5,7-8,15,17,19H,6,9-14,22H2,1-3H3,(H,23,25). The molecule has 0 spiro atoms. The second-order valence-electron chi connectivity index (χ2n) is 7.55. The average Bonchev–Trinajstić information content (AvgIpc) is 2.66. The van der Waals surface area contributed by atoms with E-state index >= 15 is 0 Å². The van der Waals surface area contributed by atoms with E-state index < -0.39 is 6.04 Å². The summed E-state index contributed by atoms with van der Waals surface area (Å²) in [4.78, 5) is 27.5. The number of hydrogen-bond acceptors (Lipinski definition) is 4. The summed E-state index contributed by atoms with van der Waals surface area (Å²) in [7, 11) is 0. The van der Waals surface area contributed by atoms with E-state index in [1.54, 1.807) is 6.07 Å². The van der Waals surface area contributed by atoms with Gasteiger partial charge in [0.1, 0.15) is 6.04 Å². The monoisotopic (exact) mass is 375 g/mol. The smallest absolute Gasteiger partial charge is 0.252 e. The Morgan fingerprint density at radius 3 is 2.52 bits per heavy atom. The van der Waals surface area contributed by atoms with Crippen LogP contribution in [0.5, 0.6) is 0 Å². The maximum Gasteiger partial charge on any atom is 0.252 e. The zero-order valence-electron chi connectivity index (χ0n) is 16.7. The molecule has 1 heterocycles. The number of hydrogen-bond donors (Lipinski definition) is 2. The molecule has 1 fully saturated rings. The molecule has 0 saturated carbocycles. The van der Waals surface area contributed by atoms with Crippen molar-refractivity contribution < 1.29 is 14.3 Å². The topological polar surface area (TPSA) is 84.7 Å². The van der Waals surface area contributed by atoms with E-state index in [9.17, 15) is 9.59 Å². The van der Waals surface area contributed by atoms with Gasteiger partial charge in [0, 0.05) is 25.3 Å². The summed E-state index contributed by atoms with van der Waals surface area (Å²) in [6, 6.07) is 6.90. The van der Waals surface area contributed by atoms with E-state index in [1.165, 1.54) is 0 Å². The first-order valence-corrected chi connectivity index (χ1v) is 9.91. The summed E-state index contributed by atoms with van der Waals surface area (Å²) in [5.41, 5.74) is 7.01. The minimum atomic E-state index is -0.521. The van der Waals surface area contributed by atoms with Crippen LogP contribution in [0, 0.1) is 12.8 Å². The predicted octanol–water partition coefficient (Wildman–Crippen LogP) is 2.11. The Bertz CT molecular complexity index is 625. The van der Waals surface area contributed by atoms with Crippen LogP contribution in [0.25, 0.3) is 0 Å². The molecule has 6 heteroatoms. The molecule has 1 aliphatic rings. The van der Waals surface area contributed by atoms with Gasteiger partial charge in [-0.15, -0.1) is 0 Å². The van der Waals surface area contributed by atoms with Gasteiger partial charge in [0.15, 0.2) is 0 Å². The van der Waals surface area contributed by atoms with Gasteiger partial charge in [0.05, 0.1) is 6.10 Å². The number of carbonyl (C=O) groups is 2. The van der Waals surface area contributed by atoms with Crippen LogP contribution in [-0.2, 0) is 9.53 Å². The average molecular weight is 376 g/mol. The first-order chi connectivity index (χ1) is 12.9. The summed E-state index contributed by atoms with van der Waals surface area (Å²) in [6.45, 7) is 8.46. The van der Waals surface area contributed by atoms with Crippen molar-refractivity contribution in [3.05, 3.63) is 35.4 Å². The van der Waals surface area contributed by atoms with Gasteiger partial charge < -0.3 is 20.7 Å². The van der Waals surface area contributed by atoms with Gasteiger partial charge in [-0.3, -0.25) is 9.59 Å². The Morgan fingerprint density at radius 2 is 1.93 bits per heavy atom. The van der Waals surface area contributed by atoms with Gasteiger partial charge >= 0.3 is 0 Å². The van der Waals surface area contributed by atoms with Gasteiger partial charge in [-0.25, -0.2) is 0 Å². The molecule has 3 N–H and O–H groups in total. The first kappa shape index (κ1) is 21.4. The van der Waals surface area contributed by atoms with E-state index in [0.29, 0.717) is 31.8 Å². The first-order valence-electron chi connectivity index (χ1n) is 9.91. The lowest BCUT2D eigenvalue weighted by atomic mass is 9.99. The quantitative estimate of drug-likeness (QED) is 0.682. The van der Waals surface area contributed by atoms with Crippen molar-refractivity contribution in [1.82, 2.24) is 10.2 Å². The number of rotatable bonds is 8. The largest absolute Gasteiger partial charge is 0.378 e.